The Bertz CT molecular complexity index is 786. The molecule has 1 aliphatic heterocycles. The minimum Gasteiger partial charge on any atom is -0.480 e. The van der Waals surface area contributed by atoms with Crippen LogP contribution < -0.4 is 0 Å². The van der Waals surface area contributed by atoms with Gasteiger partial charge in [-0.1, -0.05) is 31.0 Å². The third-order valence-electron chi connectivity index (χ3n) is 5.35. The molecule has 3 atom stereocenters. The Morgan fingerprint density at radius 3 is 2.68 bits per heavy atom. The van der Waals surface area contributed by atoms with Crippen LogP contribution in [0, 0.1) is 5.92 Å². The summed E-state index contributed by atoms with van der Waals surface area (Å²) in [6.45, 7) is 0. The molecule has 2 aromatic rings. The van der Waals surface area contributed by atoms with Crippen LogP contribution in [-0.2, 0) is 4.79 Å². The summed E-state index contributed by atoms with van der Waals surface area (Å²) in [6.07, 6.45) is 5.87. The lowest BCUT2D eigenvalue weighted by atomic mass is 9.84. The fraction of sp³-hybridized carbons (Fsp3) is 0.421. The number of carboxylic acids is 1. The molecule has 2 fully saturated rings. The number of rotatable bonds is 3. The minimum atomic E-state index is -0.936. The molecule has 0 radical (unpaired) electrons. The average Bonchev–Trinajstić information content (AvgIpc) is 3.27. The van der Waals surface area contributed by atoms with Crippen molar-refractivity contribution in [1.82, 2.24) is 9.88 Å². The number of carboxylic acid groups (broad SMARTS) is 1. The van der Waals surface area contributed by atoms with Gasteiger partial charge in [0.15, 0.2) is 5.69 Å². The fourth-order valence-corrected chi connectivity index (χ4v) is 4.19. The summed E-state index contributed by atoms with van der Waals surface area (Å²) in [5, 5.41) is 9.57. The number of hydrogen-bond donors (Lipinski definition) is 1. The van der Waals surface area contributed by atoms with Crippen molar-refractivity contribution in [1.29, 1.82) is 0 Å². The van der Waals surface area contributed by atoms with Crippen LogP contribution in [0.3, 0.4) is 0 Å². The van der Waals surface area contributed by atoms with E-state index in [1.165, 1.54) is 6.26 Å². The van der Waals surface area contributed by atoms with Crippen LogP contribution in [0.15, 0.2) is 41.0 Å². The molecule has 1 aromatic heterocycles. The summed E-state index contributed by atoms with van der Waals surface area (Å²) in [7, 11) is 0. The lowest BCUT2D eigenvalue weighted by Crippen LogP contribution is -2.46. The summed E-state index contributed by atoms with van der Waals surface area (Å²) < 4.78 is 5.46. The van der Waals surface area contributed by atoms with Gasteiger partial charge in [-0.3, -0.25) is 4.79 Å². The van der Waals surface area contributed by atoms with Crippen LogP contribution in [-0.4, -0.2) is 39.0 Å². The number of carbonyl (C=O) groups excluding carboxylic acids is 1. The normalized spacial score (nSPS) is 25.6. The summed E-state index contributed by atoms with van der Waals surface area (Å²) in [5.41, 5.74) is 0.963. The second kappa shape index (κ2) is 6.35. The Morgan fingerprint density at radius 1 is 1.16 bits per heavy atom. The van der Waals surface area contributed by atoms with Gasteiger partial charge in [-0.15, -0.1) is 0 Å². The molecule has 130 valence electrons. The number of amides is 1. The molecule has 1 aliphatic carbocycles. The molecule has 6 heteroatoms. The first kappa shape index (κ1) is 15.9. The van der Waals surface area contributed by atoms with Crippen LogP contribution in [0.1, 0.15) is 42.6 Å². The summed E-state index contributed by atoms with van der Waals surface area (Å²) in [6, 6.07) is 8.57. The largest absolute Gasteiger partial charge is 0.480 e. The van der Waals surface area contributed by atoms with Gasteiger partial charge >= 0.3 is 5.97 Å². The third kappa shape index (κ3) is 2.81. The lowest BCUT2D eigenvalue weighted by molar-refractivity contribution is -0.141. The molecule has 1 amide bonds. The predicted molar refractivity (Wildman–Crippen MR) is 89.9 cm³/mol. The van der Waals surface area contributed by atoms with Crippen molar-refractivity contribution in [3.8, 4) is 11.5 Å². The molecule has 25 heavy (non-hydrogen) atoms. The Balaban J connectivity index is 1.63. The molecule has 1 saturated carbocycles. The van der Waals surface area contributed by atoms with Crippen LogP contribution in [0.4, 0.5) is 0 Å². The van der Waals surface area contributed by atoms with Crippen LogP contribution in [0.25, 0.3) is 11.5 Å². The van der Waals surface area contributed by atoms with E-state index in [4.69, 9.17) is 4.42 Å². The van der Waals surface area contributed by atoms with E-state index in [-0.39, 0.29) is 23.6 Å². The van der Waals surface area contributed by atoms with Gasteiger partial charge in [0.05, 0.1) is 0 Å². The van der Waals surface area contributed by atoms with Crippen LogP contribution in [0.5, 0.6) is 0 Å². The van der Waals surface area contributed by atoms with Crippen molar-refractivity contribution >= 4 is 11.9 Å². The van der Waals surface area contributed by atoms with E-state index in [1.54, 1.807) is 4.90 Å². The SMILES string of the molecule is O=C(O)[C@@H]1C[C@H]2CCCC[C@@H]2N1C(=O)c1coc(-c2ccccc2)n1. The minimum absolute atomic E-state index is 0.000717. The van der Waals surface area contributed by atoms with Gasteiger partial charge in [0.25, 0.3) is 5.91 Å². The number of aromatic nitrogens is 1. The maximum Gasteiger partial charge on any atom is 0.326 e. The van der Waals surface area contributed by atoms with Crippen LogP contribution in [0.2, 0.25) is 0 Å². The predicted octanol–water partition coefficient (Wildman–Crippen LogP) is 3.20. The van der Waals surface area contributed by atoms with Crippen molar-refractivity contribution in [3.05, 3.63) is 42.3 Å². The number of benzene rings is 1. The highest BCUT2D eigenvalue weighted by atomic mass is 16.4. The highest BCUT2D eigenvalue weighted by molar-refractivity contribution is 5.95. The number of fused-ring (bicyclic) bond motifs is 1. The highest BCUT2D eigenvalue weighted by Gasteiger charge is 2.48. The summed E-state index contributed by atoms with van der Waals surface area (Å²) >= 11 is 0. The van der Waals surface area contributed by atoms with Crippen molar-refractivity contribution in [2.45, 2.75) is 44.2 Å². The number of carbonyl (C=O) groups is 2. The van der Waals surface area contributed by atoms with E-state index in [0.29, 0.717) is 12.3 Å². The van der Waals surface area contributed by atoms with Crippen molar-refractivity contribution in [2.24, 2.45) is 5.92 Å². The molecule has 0 bridgehead atoms. The zero-order chi connectivity index (χ0) is 17.4. The number of hydrogen-bond acceptors (Lipinski definition) is 4. The molecular weight excluding hydrogens is 320 g/mol. The molecule has 6 nitrogen and oxygen atoms in total. The molecular formula is C19H20N2O4. The van der Waals surface area contributed by atoms with E-state index in [0.717, 1.165) is 31.2 Å². The molecule has 1 saturated heterocycles. The first-order valence-electron chi connectivity index (χ1n) is 8.71. The summed E-state index contributed by atoms with van der Waals surface area (Å²) in [4.78, 5) is 30.5. The molecule has 1 N–H and O–H groups in total. The van der Waals surface area contributed by atoms with E-state index >= 15 is 0 Å². The topological polar surface area (TPSA) is 83.6 Å². The van der Waals surface area contributed by atoms with E-state index < -0.39 is 12.0 Å². The van der Waals surface area contributed by atoms with Gasteiger partial charge in [0, 0.05) is 11.6 Å². The second-order valence-corrected chi connectivity index (χ2v) is 6.82. The Kier molecular flexibility index (Phi) is 4.03. The number of oxazole rings is 1. The standard InChI is InChI=1S/C19H20N2O4/c22-18(14-11-25-17(20-14)12-6-2-1-3-7-12)21-15-9-5-4-8-13(15)10-16(21)19(23)24/h1-3,6-7,11,13,15-16H,4-5,8-10H2,(H,23,24)/t13-,15+,16+/m1/s1. The molecule has 0 spiro atoms. The monoisotopic (exact) mass is 340 g/mol. The number of aliphatic carboxylic acids is 1. The van der Waals surface area contributed by atoms with Crippen molar-refractivity contribution in [2.75, 3.05) is 0 Å². The maximum atomic E-state index is 13.0. The molecule has 0 unspecified atom stereocenters. The quantitative estimate of drug-likeness (QED) is 0.927. The zero-order valence-electron chi connectivity index (χ0n) is 13.8. The Hall–Kier alpha value is -2.63. The molecule has 1 aromatic carbocycles. The number of nitrogens with zero attached hydrogens (tertiary/aromatic N) is 2. The van der Waals surface area contributed by atoms with E-state index in [2.05, 4.69) is 4.98 Å². The van der Waals surface area contributed by atoms with Gasteiger partial charge < -0.3 is 14.4 Å². The van der Waals surface area contributed by atoms with Gasteiger partial charge in [0.1, 0.15) is 12.3 Å². The van der Waals surface area contributed by atoms with Gasteiger partial charge in [-0.05, 0) is 37.3 Å². The maximum absolute atomic E-state index is 13.0. The van der Waals surface area contributed by atoms with Crippen molar-refractivity contribution < 1.29 is 19.1 Å². The van der Waals surface area contributed by atoms with Gasteiger partial charge in [-0.25, -0.2) is 9.78 Å². The molecule has 2 heterocycles. The first-order valence-corrected chi connectivity index (χ1v) is 8.71. The van der Waals surface area contributed by atoms with Crippen molar-refractivity contribution in [3.63, 3.8) is 0 Å². The highest BCUT2D eigenvalue weighted by Crippen LogP contribution is 2.40. The third-order valence-corrected chi connectivity index (χ3v) is 5.35. The Morgan fingerprint density at radius 2 is 1.92 bits per heavy atom. The van der Waals surface area contributed by atoms with E-state index in [9.17, 15) is 14.7 Å². The fourth-order valence-electron chi connectivity index (χ4n) is 4.19. The number of likely N-dealkylation sites (tertiary alicyclic amines) is 1. The first-order chi connectivity index (χ1) is 12.1. The zero-order valence-corrected chi connectivity index (χ0v) is 13.8. The molecule has 4 rings (SSSR count). The lowest BCUT2D eigenvalue weighted by Gasteiger charge is -2.32. The van der Waals surface area contributed by atoms with Gasteiger partial charge in [0.2, 0.25) is 5.89 Å². The molecule has 2 aliphatic rings. The van der Waals surface area contributed by atoms with E-state index in [1.807, 2.05) is 30.3 Å². The second-order valence-electron chi connectivity index (χ2n) is 6.82. The Labute approximate surface area is 145 Å². The van der Waals surface area contributed by atoms with Gasteiger partial charge in [-0.2, -0.15) is 0 Å². The summed E-state index contributed by atoms with van der Waals surface area (Å²) in [5.74, 6) is -0.628. The van der Waals surface area contributed by atoms with Crippen LogP contribution >= 0.6 is 0 Å². The average molecular weight is 340 g/mol. The smallest absolute Gasteiger partial charge is 0.326 e.